The van der Waals surface area contributed by atoms with Gasteiger partial charge < -0.3 is 15.0 Å². The predicted octanol–water partition coefficient (Wildman–Crippen LogP) is 0.459. The van der Waals surface area contributed by atoms with Gasteiger partial charge in [-0.15, -0.1) is 0 Å². The Hall–Kier alpha value is -2.74. The highest BCUT2D eigenvalue weighted by atomic mass is 16.5. The number of aromatic nitrogens is 3. The maximum absolute atomic E-state index is 12.8. The predicted molar refractivity (Wildman–Crippen MR) is 93.2 cm³/mol. The van der Waals surface area contributed by atoms with Crippen LogP contribution in [0.5, 0.6) is 0 Å². The van der Waals surface area contributed by atoms with Gasteiger partial charge in [0.05, 0.1) is 5.54 Å². The molecule has 0 unspecified atom stereocenters. The van der Waals surface area contributed by atoms with Crippen molar-refractivity contribution in [1.29, 1.82) is 0 Å². The highest BCUT2D eigenvalue weighted by Gasteiger charge is 2.61. The molecular weight excluding hydrogens is 334 g/mol. The summed E-state index contributed by atoms with van der Waals surface area (Å²) in [6.45, 7) is 1.28. The number of methoxy groups -OCH3 is 1. The molecule has 0 spiro atoms. The number of fused-ring (bicyclic) bond motifs is 1. The lowest BCUT2D eigenvalue weighted by Crippen LogP contribution is -2.44. The first-order chi connectivity index (χ1) is 12.5. The van der Waals surface area contributed by atoms with Crippen molar-refractivity contribution in [3.05, 3.63) is 36.2 Å². The highest BCUT2D eigenvalue weighted by molar-refractivity contribution is 5.95. The summed E-state index contributed by atoms with van der Waals surface area (Å²) in [5.41, 5.74) is 1.29. The van der Waals surface area contributed by atoms with E-state index >= 15 is 0 Å². The van der Waals surface area contributed by atoms with Crippen LogP contribution in [0.1, 0.15) is 16.8 Å². The van der Waals surface area contributed by atoms with Crippen LogP contribution in [0.25, 0.3) is 11.4 Å². The maximum atomic E-state index is 12.8. The standard InChI is InChI=1S/C18H21N5O3/c1-22-16(19-11-20-22)12-3-5-13(6-4-12)17(25)23-8-14-7-18(14,10-23)21-15(24)9-26-2/h3-6,11,14H,7-10H2,1-2H3,(H,21,24)/t14-,18-/m1/s1. The normalized spacial score (nSPS) is 23.6. The van der Waals surface area contributed by atoms with Crippen LogP contribution in [-0.2, 0) is 16.6 Å². The monoisotopic (exact) mass is 355 g/mol. The van der Waals surface area contributed by atoms with Crippen LogP contribution in [0.2, 0.25) is 0 Å². The minimum absolute atomic E-state index is 0.0120. The van der Waals surface area contributed by atoms with Crippen LogP contribution >= 0.6 is 0 Å². The van der Waals surface area contributed by atoms with E-state index in [0.717, 1.165) is 17.8 Å². The van der Waals surface area contributed by atoms with E-state index < -0.39 is 0 Å². The molecule has 0 radical (unpaired) electrons. The first-order valence-corrected chi connectivity index (χ1v) is 8.56. The molecule has 1 aromatic carbocycles. The Bertz CT molecular complexity index is 847. The van der Waals surface area contributed by atoms with Gasteiger partial charge in [0.25, 0.3) is 5.91 Å². The number of nitrogens with one attached hydrogen (secondary N) is 1. The van der Waals surface area contributed by atoms with E-state index in [9.17, 15) is 9.59 Å². The fraction of sp³-hybridized carbons (Fsp3) is 0.444. The molecule has 26 heavy (non-hydrogen) atoms. The van der Waals surface area contributed by atoms with Crippen molar-refractivity contribution in [2.45, 2.75) is 12.0 Å². The lowest BCUT2D eigenvalue weighted by Gasteiger charge is -2.22. The summed E-state index contributed by atoms with van der Waals surface area (Å²) in [5, 5.41) is 7.08. The Morgan fingerprint density at radius 3 is 2.77 bits per heavy atom. The molecule has 4 rings (SSSR count). The third-order valence-corrected chi connectivity index (χ3v) is 5.20. The summed E-state index contributed by atoms with van der Waals surface area (Å²) in [5.74, 6) is 0.954. The quantitative estimate of drug-likeness (QED) is 0.842. The number of benzene rings is 1. The topological polar surface area (TPSA) is 89.3 Å². The van der Waals surface area contributed by atoms with Gasteiger partial charge in [0.1, 0.15) is 12.9 Å². The van der Waals surface area contributed by atoms with Crippen molar-refractivity contribution in [2.75, 3.05) is 26.8 Å². The number of piperidine rings is 1. The molecule has 136 valence electrons. The maximum Gasteiger partial charge on any atom is 0.253 e. The Balaban J connectivity index is 1.43. The van der Waals surface area contributed by atoms with Crippen molar-refractivity contribution in [3.63, 3.8) is 0 Å². The lowest BCUT2D eigenvalue weighted by molar-refractivity contribution is -0.125. The average molecular weight is 355 g/mol. The third kappa shape index (κ3) is 2.86. The smallest absolute Gasteiger partial charge is 0.253 e. The first kappa shape index (κ1) is 16.7. The van der Waals surface area contributed by atoms with Gasteiger partial charge in [-0.1, -0.05) is 12.1 Å². The van der Waals surface area contributed by atoms with Crippen LogP contribution in [0.4, 0.5) is 0 Å². The van der Waals surface area contributed by atoms with Gasteiger partial charge in [-0.2, -0.15) is 5.10 Å². The Kier molecular flexibility index (Phi) is 3.99. The van der Waals surface area contributed by atoms with Crippen molar-refractivity contribution in [1.82, 2.24) is 25.0 Å². The van der Waals surface area contributed by atoms with E-state index in [0.29, 0.717) is 24.6 Å². The molecule has 2 fully saturated rings. The van der Waals surface area contributed by atoms with E-state index in [1.807, 2.05) is 36.2 Å². The summed E-state index contributed by atoms with van der Waals surface area (Å²) in [4.78, 5) is 30.6. The first-order valence-electron chi connectivity index (χ1n) is 8.56. The number of rotatable bonds is 5. The van der Waals surface area contributed by atoms with Crippen LogP contribution < -0.4 is 5.32 Å². The van der Waals surface area contributed by atoms with Crippen LogP contribution in [0.3, 0.4) is 0 Å². The van der Waals surface area contributed by atoms with E-state index in [1.54, 1.807) is 4.68 Å². The molecule has 1 aliphatic heterocycles. The van der Waals surface area contributed by atoms with Crippen LogP contribution in [-0.4, -0.2) is 63.8 Å². The number of ether oxygens (including phenoxy) is 1. The lowest BCUT2D eigenvalue weighted by atomic mass is 10.1. The van der Waals surface area contributed by atoms with Gasteiger partial charge in [0.15, 0.2) is 5.82 Å². The van der Waals surface area contributed by atoms with Crippen LogP contribution in [0.15, 0.2) is 30.6 Å². The number of amides is 2. The fourth-order valence-corrected chi connectivity index (χ4v) is 3.78. The summed E-state index contributed by atoms with van der Waals surface area (Å²) in [6, 6.07) is 7.38. The van der Waals surface area contributed by atoms with Gasteiger partial charge in [-0.05, 0) is 18.6 Å². The molecule has 2 aliphatic rings. The largest absolute Gasteiger partial charge is 0.375 e. The van der Waals surface area contributed by atoms with Crippen molar-refractivity contribution in [3.8, 4) is 11.4 Å². The van der Waals surface area contributed by atoms with E-state index in [1.165, 1.54) is 13.4 Å². The molecular formula is C18H21N5O3. The molecule has 8 nitrogen and oxygen atoms in total. The average Bonchev–Trinajstić information content (AvgIpc) is 2.94. The zero-order chi connectivity index (χ0) is 18.3. The van der Waals surface area contributed by atoms with Gasteiger partial charge in [0, 0.05) is 44.3 Å². The number of hydrogen-bond acceptors (Lipinski definition) is 5. The summed E-state index contributed by atoms with van der Waals surface area (Å²) in [6.07, 6.45) is 2.43. The van der Waals surface area contributed by atoms with Gasteiger partial charge in [-0.25, -0.2) is 9.67 Å². The number of aryl methyl sites for hydroxylation is 1. The van der Waals surface area contributed by atoms with Gasteiger partial charge in [0.2, 0.25) is 5.91 Å². The second-order valence-corrected chi connectivity index (χ2v) is 7.01. The number of carbonyl (C=O) groups excluding carboxylic acids is 2. The number of nitrogens with zero attached hydrogens (tertiary/aromatic N) is 4. The van der Waals surface area contributed by atoms with Gasteiger partial charge >= 0.3 is 0 Å². The highest BCUT2D eigenvalue weighted by Crippen LogP contribution is 2.49. The van der Waals surface area contributed by atoms with E-state index in [-0.39, 0.29) is 24.0 Å². The van der Waals surface area contributed by atoms with E-state index in [4.69, 9.17) is 4.74 Å². The molecule has 1 aliphatic carbocycles. The SMILES string of the molecule is COCC(=O)N[C@@]12C[C@@H]1CN(C(=O)c1ccc(-c3ncnn3C)cc1)C2. The van der Waals surface area contributed by atoms with E-state index in [2.05, 4.69) is 15.4 Å². The molecule has 2 aromatic rings. The minimum atomic E-state index is -0.260. The summed E-state index contributed by atoms with van der Waals surface area (Å²) in [7, 11) is 3.33. The molecule has 1 saturated carbocycles. The fourth-order valence-electron chi connectivity index (χ4n) is 3.78. The summed E-state index contributed by atoms with van der Waals surface area (Å²) >= 11 is 0. The van der Waals surface area contributed by atoms with Crippen LogP contribution in [0, 0.1) is 5.92 Å². The Morgan fingerprint density at radius 2 is 2.12 bits per heavy atom. The minimum Gasteiger partial charge on any atom is -0.375 e. The summed E-state index contributed by atoms with van der Waals surface area (Å²) < 4.78 is 6.56. The molecule has 1 N–H and O–H groups in total. The van der Waals surface area contributed by atoms with Gasteiger partial charge in [-0.3, -0.25) is 9.59 Å². The zero-order valence-corrected chi connectivity index (χ0v) is 14.8. The molecule has 0 bridgehead atoms. The van der Waals surface area contributed by atoms with Crippen molar-refractivity contribution in [2.24, 2.45) is 13.0 Å². The second-order valence-electron chi connectivity index (χ2n) is 7.01. The zero-order valence-electron chi connectivity index (χ0n) is 14.8. The Labute approximate surface area is 151 Å². The Morgan fingerprint density at radius 1 is 1.35 bits per heavy atom. The molecule has 2 heterocycles. The third-order valence-electron chi connectivity index (χ3n) is 5.20. The van der Waals surface area contributed by atoms with Crippen molar-refractivity contribution < 1.29 is 14.3 Å². The number of carbonyl (C=O) groups is 2. The number of likely N-dealkylation sites (tertiary alicyclic amines) is 1. The molecule has 8 heteroatoms. The molecule has 1 aromatic heterocycles. The van der Waals surface area contributed by atoms with Crippen molar-refractivity contribution >= 4 is 11.8 Å². The number of hydrogen-bond donors (Lipinski definition) is 1. The molecule has 1 saturated heterocycles. The molecule has 2 amide bonds. The second kappa shape index (κ2) is 6.21. The molecule has 2 atom stereocenters.